The molecular formula is C16H23Zr. The minimum absolute atomic E-state index is 0. The first kappa shape index (κ1) is 18.9. The van der Waals surface area contributed by atoms with Gasteiger partial charge in [-0.25, -0.2) is 12.1 Å². The Kier molecular flexibility index (Phi) is 11.9. The largest absolute Gasteiger partial charge is 3.00 e. The summed E-state index contributed by atoms with van der Waals surface area (Å²) in [6, 6.07) is 12.2. The summed E-state index contributed by atoms with van der Waals surface area (Å²) in [5, 5.41) is 0. The van der Waals surface area contributed by atoms with Gasteiger partial charge in [0.05, 0.1) is 0 Å². The van der Waals surface area contributed by atoms with Crippen LogP contribution >= 0.6 is 0 Å². The summed E-state index contributed by atoms with van der Waals surface area (Å²) < 4.78 is 0. The molecule has 1 radical (unpaired) electrons. The molecule has 2 aromatic carbocycles. The molecule has 0 saturated carbocycles. The molecule has 0 aliphatic carbocycles. The van der Waals surface area contributed by atoms with Gasteiger partial charge in [0.15, 0.2) is 0 Å². The van der Waals surface area contributed by atoms with Crippen molar-refractivity contribution in [1.82, 2.24) is 0 Å². The topological polar surface area (TPSA) is 0 Å². The van der Waals surface area contributed by atoms with Gasteiger partial charge >= 0.3 is 26.2 Å². The Bertz CT molecular complexity index is 327. The molecule has 0 amide bonds. The van der Waals surface area contributed by atoms with Crippen molar-refractivity contribution in [3.63, 3.8) is 0 Å². The maximum Gasteiger partial charge on any atom is 3.00 e. The fourth-order valence-electron chi connectivity index (χ4n) is 1.45. The number of hydrogen-bond acceptors (Lipinski definition) is 0. The van der Waals surface area contributed by atoms with E-state index in [0.29, 0.717) is 0 Å². The van der Waals surface area contributed by atoms with Gasteiger partial charge in [-0.05, 0) is 0 Å². The van der Waals surface area contributed by atoms with Crippen LogP contribution in [-0.4, -0.2) is 0 Å². The van der Waals surface area contributed by atoms with Gasteiger partial charge in [-0.3, -0.25) is 0 Å². The van der Waals surface area contributed by atoms with Crippen LogP contribution in [0.25, 0.3) is 0 Å². The van der Waals surface area contributed by atoms with E-state index in [0.717, 1.165) is 0 Å². The van der Waals surface area contributed by atoms with Crippen molar-refractivity contribution in [2.75, 3.05) is 0 Å². The zero-order valence-electron chi connectivity index (χ0n) is 11.7. The Labute approximate surface area is 126 Å². The Morgan fingerprint density at radius 1 is 0.824 bits per heavy atom. The number of hydrogen-bond donors (Lipinski definition) is 0. The van der Waals surface area contributed by atoms with Crippen LogP contribution in [-0.2, 0) is 26.2 Å². The van der Waals surface area contributed by atoms with Gasteiger partial charge in [0.1, 0.15) is 0 Å². The Hall–Kier alpha value is -0.417. The van der Waals surface area contributed by atoms with Gasteiger partial charge in [0, 0.05) is 0 Å². The van der Waals surface area contributed by atoms with Crippen molar-refractivity contribution >= 4 is 0 Å². The number of aryl methyl sites for hydroxylation is 2. The zero-order chi connectivity index (χ0) is 12.6. The van der Waals surface area contributed by atoms with E-state index in [1.807, 2.05) is 30.3 Å². The average molecular weight is 307 g/mol. The molecular weight excluding hydrogens is 283 g/mol. The standard InChI is InChI=1S/C9H13.C5H5.C2H5.Zr/c1-6-5-7(2)9(4)8(6)3;1-2-4-5-3-1;1-2;/h5H,1-4H3;1-5H;1H2,2H3;/q3*-1;+3. The van der Waals surface area contributed by atoms with Crippen molar-refractivity contribution in [3.05, 3.63) is 65.6 Å². The normalized spacial score (nSPS) is 8.12. The van der Waals surface area contributed by atoms with Crippen LogP contribution in [0.3, 0.4) is 0 Å². The molecule has 0 N–H and O–H groups in total. The van der Waals surface area contributed by atoms with Gasteiger partial charge in [-0.1, -0.05) is 27.7 Å². The maximum absolute atomic E-state index is 3.25. The van der Waals surface area contributed by atoms with Crippen molar-refractivity contribution in [2.45, 2.75) is 34.6 Å². The van der Waals surface area contributed by atoms with Crippen molar-refractivity contribution in [2.24, 2.45) is 0 Å². The second-order valence-electron chi connectivity index (χ2n) is 3.72. The fraction of sp³-hybridized carbons (Fsp3) is 0.312. The molecule has 0 spiro atoms. The summed E-state index contributed by atoms with van der Waals surface area (Å²) in [7, 11) is 0. The summed E-state index contributed by atoms with van der Waals surface area (Å²) >= 11 is 0. The first-order valence-electron chi connectivity index (χ1n) is 5.70. The van der Waals surface area contributed by atoms with Crippen LogP contribution in [0.15, 0.2) is 36.4 Å². The molecule has 0 nitrogen and oxygen atoms in total. The summed E-state index contributed by atoms with van der Waals surface area (Å²) in [6.07, 6.45) is 0. The van der Waals surface area contributed by atoms with Gasteiger partial charge in [0.2, 0.25) is 0 Å². The zero-order valence-corrected chi connectivity index (χ0v) is 14.1. The molecule has 0 unspecified atom stereocenters. The van der Waals surface area contributed by atoms with Crippen LogP contribution in [0.5, 0.6) is 0 Å². The van der Waals surface area contributed by atoms with Gasteiger partial charge in [-0.15, -0.1) is 0 Å². The molecule has 0 aliphatic heterocycles. The predicted molar refractivity (Wildman–Crippen MR) is 74.0 cm³/mol. The molecule has 0 bridgehead atoms. The monoisotopic (exact) mass is 305 g/mol. The average Bonchev–Trinajstić information content (AvgIpc) is 2.93. The fourth-order valence-corrected chi connectivity index (χ4v) is 1.45. The van der Waals surface area contributed by atoms with Crippen LogP contribution < -0.4 is 0 Å². The molecule has 1 heteroatoms. The van der Waals surface area contributed by atoms with E-state index in [4.69, 9.17) is 0 Å². The minimum atomic E-state index is 0. The molecule has 0 heterocycles. The van der Waals surface area contributed by atoms with Crippen molar-refractivity contribution < 1.29 is 26.2 Å². The van der Waals surface area contributed by atoms with Crippen molar-refractivity contribution in [1.29, 1.82) is 0 Å². The van der Waals surface area contributed by atoms with Crippen molar-refractivity contribution in [3.8, 4) is 0 Å². The number of rotatable bonds is 0. The molecule has 2 rings (SSSR count). The molecule has 17 heavy (non-hydrogen) atoms. The summed E-state index contributed by atoms with van der Waals surface area (Å²) in [4.78, 5) is 0. The maximum atomic E-state index is 3.25. The minimum Gasteiger partial charge on any atom is -0.346 e. The molecule has 0 fully saturated rings. The molecule has 2 aromatic rings. The molecule has 0 saturated heterocycles. The quantitative estimate of drug-likeness (QED) is 0.608. The first-order chi connectivity index (χ1) is 7.63. The predicted octanol–water partition coefficient (Wildman–Crippen LogP) is 4.88. The third-order valence-electron chi connectivity index (χ3n) is 2.73. The SMILES string of the molecule is Cc1[cH-]c(C)c(C)c1C.[CH2-]C.[Zr+3].c1cc[cH-]c1. The third kappa shape index (κ3) is 6.79. The second kappa shape index (κ2) is 10.7. The van der Waals surface area contributed by atoms with Gasteiger partial charge in [-0.2, -0.15) is 53.4 Å². The third-order valence-corrected chi connectivity index (χ3v) is 2.73. The van der Waals surface area contributed by atoms with E-state index in [2.05, 4.69) is 40.7 Å². The first-order valence-corrected chi connectivity index (χ1v) is 5.70. The van der Waals surface area contributed by atoms with E-state index in [1.165, 1.54) is 22.3 Å². The van der Waals surface area contributed by atoms with E-state index in [-0.39, 0.29) is 26.2 Å². The van der Waals surface area contributed by atoms with Gasteiger partial charge < -0.3 is 6.92 Å². The summed E-state index contributed by atoms with van der Waals surface area (Å²) in [5.74, 6) is 0. The van der Waals surface area contributed by atoms with Crippen LogP contribution in [0.2, 0.25) is 0 Å². The van der Waals surface area contributed by atoms with E-state index >= 15 is 0 Å². The smallest absolute Gasteiger partial charge is 0.346 e. The van der Waals surface area contributed by atoms with E-state index < -0.39 is 0 Å². The molecule has 0 aromatic heterocycles. The van der Waals surface area contributed by atoms with Crippen LogP contribution in [0, 0.1) is 34.6 Å². The Balaban J connectivity index is 0. The van der Waals surface area contributed by atoms with Crippen LogP contribution in [0.4, 0.5) is 0 Å². The Morgan fingerprint density at radius 3 is 1.29 bits per heavy atom. The second-order valence-corrected chi connectivity index (χ2v) is 3.72. The van der Waals surface area contributed by atoms with E-state index in [1.54, 1.807) is 6.92 Å². The summed E-state index contributed by atoms with van der Waals surface area (Å²) in [6.45, 7) is 13.7. The molecule has 91 valence electrons. The van der Waals surface area contributed by atoms with Crippen LogP contribution in [0.1, 0.15) is 29.2 Å². The summed E-state index contributed by atoms with van der Waals surface area (Å²) in [5.41, 5.74) is 5.75. The van der Waals surface area contributed by atoms with E-state index in [9.17, 15) is 0 Å². The Morgan fingerprint density at radius 2 is 1.18 bits per heavy atom. The molecule has 0 atom stereocenters. The van der Waals surface area contributed by atoms with Gasteiger partial charge in [0.25, 0.3) is 0 Å². The molecule has 0 aliphatic rings.